The Morgan fingerprint density at radius 3 is 2.09 bits per heavy atom. The number of aliphatic carboxylic acids is 2. The second kappa shape index (κ2) is 11.5. The first-order chi connectivity index (χ1) is 16.2. The first kappa shape index (κ1) is 25.7. The van der Waals surface area contributed by atoms with E-state index in [9.17, 15) is 24.6 Å². The average molecular weight is 522 g/mol. The average Bonchev–Trinajstić information content (AvgIpc) is 2.79. The van der Waals surface area contributed by atoms with Crippen molar-refractivity contribution in [1.29, 1.82) is 0 Å². The molecular weight excluding hydrogens is 501 g/mol. The number of hydrogen-bond acceptors (Lipinski definition) is 6. The second-order valence-corrected chi connectivity index (χ2v) is 9.24. The van der Waals surface area contributed by atoms with Gasteiger partial charge >= 0.3 is 17.9 Å². The molecule has 178 valence electrons. The maximum absolute atomic E-state index is 12.5. The van der Waals surface area contributed by atoms with Crippen LogP contribution in [-0.2, 0) is 19.1 Å². The summed E-state index contributed by atoms with van der Waals surface area (Å²) in [6, 6.07) is 14.2. The van der Waals surface area contributed by atoms with Gasteiger partial charge in [-0.3, -0.25) is 4.79 Å². The molecule has 0 bridgehead atoms. The molecule has 7 nitrogen and oxygen atoms in total. The lowest BCUT2D eigenvalue weighted by atomic mass is 9.79. The Balaban J connectivity index is 2.13. The smallest absolute Gasteiger partial charge is 0.334 e. The van der Waals surface area contributed by atoms with Crippen LogP contribution in [0.5, 0.6) is 0 Å². The van der Waals surface area contributed by atoms with E-state index >= 15 is 0 Å². The Morgan fingerprint density at radius 2 is 1.53 bits per heavy atom. The lowest BCUT2D eigenvalue weighted by Crippen LogP contribution is -2.34. The predicted octanol–water partition coefficient (Wildman–Crippen LogP) is 5.10. The van der Waals surface area contributed by atoms with Gasteiger partial charge in [0.15, 0.2) is 0 Å². The largest absolute Gasteiger partial charge is 0.478 e. The Kier molecular flexibility index (Phi) is 8.66. The molecule has 0 aliphatic carbocycles. The Morgan fingerprint density at radius 1 is 0.941 bits per heavy atom. The summed E-state index contributed by atoms with van der Waals surface area (Å²) < 4.78 is 4.72. The van der Waals surface area contributed by atoms with E-state index in [1.54, 1.807) is 6.07 Å². The van der Waals surface area contributed by atoms with Crippen LogP contribution < -0.4 is 5.32 Å². The van der Waals surface area contributed by atoms with Crippen molar-refractivity contribution in [1.82, 2.24) is 5.32 Å². The van der Waals surface area contributed by atoms with Crippen LogP contribution in [-0.4, -0.2) is 41.0 Å². The molecule has 0 amide bonds. The molecule has 2 aromatic carbocycles. The van der Waals surface area contributed by atoms with Crippen molar-refractivity contribution in [2.75, 3.05) is 12.9 Å². The first-order valence-corrected chi connectivity index (χ1v) is 11.9. The zero-order valence-corrected chi connectivity index (χ0v) is 20.3. The SMILES string of the molecule is COC(=O)CC1=C(C(=O)O)C(c2c(Cl)cccc2Cl)C(C(=O)O)=C(CCSc2ccccc2)N1. The van der Waals surface area contributed by atoms with Crippen molar-refractivity contribution < 1.29 is 29.3 Å². The Bertz CT molecular complexity index is 1160. The molecule has 0 spiro atoms. The van der Waals surface area contributed by atoms with Gasteiger partial charge in [0, 0.05) is 37.7 Å². The van der Waals surface area contributed by atoms with Crippen LogP contribution >= 0.6 is 35.0 Å². The van der Waals surface area contributed by atoms with E-state index < -0.39 is 23.8 Å². The van der Waals surface area contributed by atoms with Crippen LogP contribution in [0.2, 0.25) is 10.0 Å². The highest BCUT2D eigenvalue weighted by atomic mass is 35.5. The zero-order chi connectivity index (χ0) is 24.8. The minimum Gasteiger partial charge on any atom is -0.478 e. The third kappa shape index (κ3) is 5.75. The molecule has 0 aromatic heterocycles. The summed E-state index contributed by atoms with van der Waals surface area (Å²) in [7, 11) is 1.19. The fourth-order valence-corrected chi connectivity index (χ4v) is 5.24. The molecule has 0 saturated carbocycles. The number of carboxylic acids is 2. The molecule has 1 aliphatic rings. The van der Waals surface area contributed by atoms with E-state index in [2.05, 4.69) is 5.32 Å². The number of esters is 1. The maximum atomic E-state index is 12.5. The van der Waals surface area contributed by atoms with Gasteiger partial charge in [-0.25, -0.2) is 9.59 Å². The number of nitrogens with one attached hydrogen (secondary N) is 1. The summed E-state index contributed by atoms with van der Waals surface area (Å²) >= 11 is 14.3. The number of allylic oxidation sites excluding steroid dienone is 1. The molecule has 0 saturated heterocycles. The number of halogens is 2. The van der Waals surface area contributed by atoms with Crippen molar-refractivity contribution in [2.24, 2.45) is 0 Å². The van der Waals surface area contributed by atoms with Crippen LogP contribution in [0, 0.1) is 0 Å². The lowest BCUT2D eigenvalue weighted by Gasteiger charge is -2.32. The highest BCUT2D eigenvalue weighted by Gasteiger charge is 2.40. The van der Waals surface area contributed by atoms with Gasteiger partial charge in [-0.2, -0.15) is 0 Å². The van der Waals surface area contributed by atoms with Gasteiger partial charge in [-0.1, -0.05) is 47.5 Å². The fraction of sp³-hybridized carbons (Fsp3) is 0.208. The minimum atomic E-state index is -1.40. The van der Waals surface area contributed by atoms with Crippen LogP contribution in [0.1, 0.15) is 24.3 Å². The summed E-state index contributed by atoms with van der Waals surface area (Å²) in [5.41, 5.74) is -0.0458. The van der Waals surface area contributed by atoms with Crippen molar-refractivity contribution in [3.05, 3.63) is 86.7 Å². The standard InChI is InChI=1S/C24H21Cl2NO6S/c1-33-18(28)12-17-21(24(31)32)22(19-14(25)8-5-9-15(19)26)20(23(29)30)16(27-17)10-11-34-13-6-3-2-4-7-13/h2-9,22,27H,10-12H2,1H3,(H,29,30)(H,31,32). The van der Waals surface area contributed by atoms with Crippen LogP contribution in [0.15, 0.2) is 76.0 Å². The molecule has 1 atom stereocenters. The molecule has 10 heteroatoms. The van der Waals surface area contributed by atoms with Crippen LogP contribution in [0.3, 0.4) is 0 Å². The molecule has 34 heavy (non-hydrogen) atoms. The van der Waals surface area contributed by atoms with Gasteiger partial charge in [0.05, 0.1) is 30.6 Å². The number of methoxy groups -OCH3 is 1. The third-order valence-electron chi connectivity index (χ3n) is 5.19. The van der Waals surface area contributed by atoms with Gasteiger partial charge in [-0.15, -0.1) is 11.8 Å². The lowest BCUT2D eigenvalue weighted by molar-refractivity contribution is -0.139. The van der Waals surface area contributed by atoms with Crippen LogP contribution in [0.4, 0.5) is 0 Å². The number of carbonyl (C=O) groups is 3. The zero-order valence-electron chi connectivity index (χ0n) is 18.0. The van der Waals surface area contributed by atoms with E-state index in [1.165, 1.54) is 31.0 Å². The first-order valence-electron chi connectivity index (χ1n) is 10.1. The molecule has 3 rings (SSSR count). The molecule has 1 aliphatic heterocycles. The van der Waals surface area contributed by atoms with Crippen molar-refractivity contribution in [3.8, 4) is 0 Å². The number of hydrogen-bond donors (Lipinski definition) is 3. The Hall–Kier alpha value is -2.94. The van der Waals surface area contributed by atoms with E-state index in [-0.39, 0.29) is 51.0 Å². The van der Waals surface area contributed by atoms with E-state index in [0.29, 0.717) is 5.75 Å². The fourth-order valence-electron chi connectivity index (χ4n) is 3.73. The summed E-state index contributed by atoms with van der Waals surface area (Å²) in [5.74, 6) is -4.19. The summed E-state index contributed by atoms with van der Waals surface area (Å²) in [6.45, 7) is 0. The van der Waals surface area contributed by atoms with Gasteiger partial charge in [0.2, 0.25) is 0 Å². The van der Waals surface area contributed by atoms with E-state index in [4.69, 9.17) is 27.9 Å². The normalized spacial score (nSPS) is 15.7. The van der Waals surface area contributed by atoms with Gasteiger partial charge < -0.3 is 20.3 Å². The van der Waals surface area contributed by atoms with Crippen LogP contribution in [0.25, 0.3) is 0 Å². The third-order valence-corrected chi connectivity index (χ3v) is 6.86. The quantitative estimate of drug-likeness (QED) is 0.308. The molecule has 0 radical (unpaired) electrons. The molecular formula is C24H21Cl2NO6S. The number of ether oxygens (including phenoxy) is 1. The molecule has 1 heterocycles. The number of rotatable bonds is 9. The highest BCUT2D eigenvalue weighted by molar-refractivity contribution is 7.99. The van der Waals surface area contributed by atoms with Gasteiger partial charge in [-0.05, 0) is 30.7 Å². The summed E-state index contributed by atoms with van der Waals surface area (Å²) in [4.78, 5) is 37.9. The predicted molar refractivity (Wildman–Crippen MR) is 130 cm³/mol. The number of dihydropyridines is 1. The molecule has 1 unspecified atom stereocenters. The van der Waals surface area contributed by atoms with Crippen molar-refractivity contribution in [2.45, 2.75) is 23.7 Å². The molecule has 0 fully saturated rings. The van der Waals surface area contributed by atoms with Crippen molar-refractivity contribution >= 4 is 52.9 Å². The number of benzene rings is 2. The number of carboxylic acid groups (broad SMARTS) is 2. The number of carbonyl (C=O) groups excluding carboxylic acids is 1. The monoisotopic (exact) mass is 521 g/mol. The second-order valence-electron chi connectivity index (χ2n) is 7.25. The maximum Gasteiger partial charge on any atom is 0.334 e. The summed E-state index contributed by atoms with van der Waals surface area (Å²) in [5, 5.41) is 23.4. The van der Waals surface area contributed by atoms with Crippen molar-refractivity contribution in [3.63, 3.8) is 0 Å². The summed E-state index contributed by atoms with van der Waals surface area (Å²) in [6.07, 6.45) is -0.129. The molecule has 2 aromatic rings. The van der Waals surface area contributed by atoms with E-state index in [1.807, 2.05) is 30.3 Å². The number of thioether (sulfide) groups is 1. The highest BCUT2D eigenvalue weighted by Crippen LogP contribution is 2.45. The minimum absolute atomic E-state index is 0.0325. The van der Waals surface area contributed by atoms with E-state index in [0.717, 1.165) is 4.90 Å². The Labute approximate surface area is 210 Å². The van der Waals surface area contributed by atoms with Gasteiger partial charge in [0.25, 0.3) is 0 Å². The van der Waals surface area contributed by atoms with Gasteiger partial charge in [0.1, 0.15) is 0 Å². The topological polar surface area (TPSA) is 113 Å². The molecule has 3 N–H and O–H groups in total.